The standard InChI is InChI=1S/C16H25N3/c1-13(17)15-6-4-14(5-7-15)11-18-9-10-19-8-2-3-16(19)12-18/h4-7,13,16H,2-3,8-12,17H2,1H3. The number of rotatable bonds is 3. The molecule has 19 heavy (non-hydrogen) atoms. The zero-order chi connectivity index (χ0) is 13.2. The van der Waals surface area contributed by atoms with Gasteiger partial charge in [-0.05, 0) is 37.4 Å². The molecule has 2 aliphatic rings. The lowest BCUT2D eigenvalue weighted by molar-refractivity contribution is 0.0994. The van der Waals surface area contributed by atoms with Gasteiger partial charge in [0, 0.05) is 38.3 Å². The molecule has 0 aliphatic carbocycles. The van der Waals surface area contributed by atoms with E-state index in [4.69, 9.17) is 5.73 Å². The van der Waals surface area contributed by atoms with Gasteiger partial charge in [-0.2, -0.15) is 0 Å². The normalized spacial score (nSPS) is 26.3. The highest BCUT2D eigenvalue weighted by atomic mass is 15.3. The third-order valence-corrected chi connectivity index (χ3v) is 4.58. The number of hydrogen-bond donors (Lipinski definition) is 1. The van der Waals surface area contributed by atoms with Crippen LogP contribution in [0.25, 0.3) is 0 Å². The van der Waals surface area contributed by atoms with Gasteiger partial charge in [-0.25, -0.2) is 0 Å². The SMILES string of the molecule is CC(N)c1ccc(CN2CCN3CCCC3C2)cc1. The zero-order valence-electron chi connectivity index (χ0n) is 11.9. The van der Waals surface area contributed by atoms with Crippen molar-refractivity contribution in [2.45, 2.75) is 38.4 Å². The van der Waals surface area contributed by atoms with Gasteiger partial charge >= 0.3 is 0 Å². The Morgan fingerprint density at radius 2 is 2.00 bits per heavy atom. The van der Waals surface area contributed by atoms with Crippen molar-refractivity contribution in [2.75, 3.05) is 26.2 Å². The van der Waals surface area contributed by atoms with Gasteiger partial charge < -0.3 is 5.73 Å². The molecular formula is C16H25N3. The quantitative estimate of drug-likeness (QED) is 0.901. The third-order valence-electron chi connectivity index (χ3n) is 4.58. The molecule has 0 radical (unpaired) electrons. The van der Waals surface area contributed by atoms with E-state index in [-0.39, 0.29) is 6.04 Å². The molecule has 2 atom stereocenters. The minimum absolute atomic E-state index is 0.135. The fraction of sp³-hybridized carbons (Fsp3) is 0.625. The van der Waals surface area contributed by atoms with Crippen molar-refractivity contribution < 1.29 is 0 Å². The molecule has 0 aromatic heterocycles. The number of hydrogen-bond acceptors (Lipinski definition) is 3. The number of fused-ring (bicyclic) bond motifs is 1. The highest BCUT2D eigenvalue weighted by molar-refractivity contribution is 5.24. The van der Waals surface area contributed by atoms with Gasteiger partial charge in [0.1, 0.15) is 0 Å². The molecule has 2 unspecified atom stereocenters. The van der Waals surface area contributed by atoms with Crippen molar-refractivity contribution in [3.63, 3.8) is 0 Å². The van der Waals surface area contributed by atoms with E-state index in [1.54, 1.807) is 0 Å². The first-order valence-corrected chi connectivity index (χ1v) is 7.53. The van der Waals surface area contributed by atoms with Crippen LogP contribution in [0.1, 0.15) is 36.9 Å². The molecular weight excluding hydrogens is 234 g/mol. The lowest BCUT2D eigenvalue weighted by Crippen LogP contribution is -2.49. The molecule has 3 nitrogen and oxygen atoms in total. The van der Waals surface area contributed by atoms with E-state index in [1.165, 1.54) is 50.1 Å². The van der Waals surface area contributed by atoms with Gasteiger partial charge in [-0.3, -0.25) is 9.80 Å². The Balaban J connectivity index is 1.59. The molecule has 1 aromatic carbocycles. The molecule has 2 saturated heterocycles. The first kappa shape index (κ1) is 13.1. The summed E-state index contributed by atoms with van der Waals surface area (Å²) in [5.74, 6) is 0. The van der Waals surface area contributed by atoms with Crippen molar-refractivity contribution >= 4 is 0 Å². The largest absolute Gasteiger partial charge is 0.324 e. The van der Waals surface area contributed by atoms with Crippen LogP contribution in [0.5, 0.6) is 0 Å². The summed E-state index contributed by atoms with van der Waals surface area (Å²) in [4.78, 5) is 5.27. The van der Waals surface area contributed by atoms with Crippen molar-refractivity contribution in [3.05, 3.63) is 35.4 Å². The van der Waals surface area contributed by atoms with Gasteiger partial charge in [0.15, 0.2) is 0 Å². The van der Waals surface area contributed by atoms with Crippen molar-refractivity contribution in [1.82, 2.24) is 9.80 Å². The zero-order valence-corrected chi connectivity index (χ0v) is 11.9. The van der Waals surface area contributed by atoms with E-state index in [0.29, 0.717) is 0 Å². The topological polar surface area (TPSA) is 32.5 Å². The van der Waals surface area contributed by atoms with E-state index in [9.17, 15) is 0 Å². The van der Waals surface area contributed by atoms with E-state index in [0.717, 1.165) is 12.6 Å². The highest BCUT2D eigenvalue weighted by Crippen LogP contribution is 2.22. The van der Waals surface area contributed by atoms with Crippen LogP contribution in [0.4, 0.5) is 0 Å². The van der Waals surface area contributed by atoms with Crippen LogP contribution < -0.4 is 5.73 Å². The molecule has 104 valence electrons. The summed E-state index contributed by atoms with van der Waals surface area (Å²) in [6.45, 7) is 8.16. The number of nitrogens with zero attached hydrogens (tertiary/aromatic N) is 2. The first-order chi connectivity index (χ1) is 9.22. The van der Waals surface area contributed by atoms with Crippen LogP contribution in [0, 0.1) is 0 Å². The molecule has 1 aromatic rings. The van der Waals surface area contributed by atoms with Crippen LogP contribution in [-0.4, -0.2) is 42.0 Å². The lowest BCUT2D eigenvalue weighted by Gasteiger charge is -2.37. The fourth-order valence-corrected chi connectivity index (χ4v) is 3.38. The second-order valence-corrected chi connectivity index (χ2v) is 6.10. The molecule has 0 amide bonds. The number of nitrogens with two attached hydrogens (primary N) is 1. The number of piperazine rings is 1. The molecule has 3 heteroatoms. The predicted octanol–water partition coefficient (Wildman–Crippen LogP) is 1.99. The van der Waals surface area contributed by atoms with E-state index < -0.39 is 0 Å². The second-order valence-electron chi connectivity index (χ2n) is 6.10. The summed E-state index contributed by atoms with van der Waals surface area (Å²) >= 11 is 0. The smallest absolute Gasteiger partial charge is 0.0266 e. The Morgan fingerprint density at radius 3 is 2.74 bits per heavy atom. The summed E-state index contributed by atoms with van der Waals surface area (Å²) in [6, 6.07) is 9.77. The van der Waals surface area contributed by atoms with Gasteiger partial charge in [-0.1, -0.05) is 24.3 Å². The van der Waals surface area contributed by atoms with Gasteiger partial charge in [-0.15, -0.1) is 0 Å². The maximum Gasteiger partial charge on any atom is 0.0266 e. The lowest BCUT2D eigenvalue weighted by atomic mass is 10.1. The minimum atomic E-state index is 0.135. The van der Waals surface area contributed by atoms with Crippen LogP contribution in [0.2, 0.25) is 0 Å². The molecule has 2 aliphatic heterocycles. The molecule has 3 rings (SSSR count). The van der Waals surface area contributed by atoms with Crippen LogP contribution >= 0.6 is 0 Å². The van der Waals surface area contributed by atoms with E-state index >= 15 is 0 Å². The average molecular weight is 259 g/mol. The third kappa shape index (κ3) is 2.99. The van der Waals surface area contributed by atoms with Crippen LogP contribution in [0.15, 0.2) is 24.3 Å². The Bertz CT molecular complexity index is 413. The number of benzene rings is 1. The van der Waals surface area contributed by atoms with E-state index in [2.05, 4.69) is 34.1 Å². The second kappa shape index (κ2) is 5.61. The maximum atomic E-state index is 5.89. The molecule has 2 heterocycles. The molecule has 2 fully saturated rings. The van der Waals surface area contributed by atoms with Crippen molar-refractivity contribution in [3.8, 4) is 0 Å². The fourth-order valence-electron chi connectivity index (χ4n) is 3.38. The summed E-state index contributed by atoms with van der Waals surface area (Å²) < 4.78 is 0. The van der Waals surface area contributed by atoms with Crippen molar-refractivity contribution in [2.24, 2.45) is 5.73 Å². The summed E-state index contributed by atoms with van der Waals surface area (Å²) in [5.41, 5.74) is 8.53. The monoisotopic (exact) mass is 259 g/mol. The first-order valence-electron chi connectivity index (χ1n) is 7.53. The minimum Gasteiger partial charge on any atom is -0.324 e. The van der Waals surface area contributed by atoms with Gasteiger partial charge in [0.05, 0.1) is 0 Å². The Kier molecular flexibility index (Phi) is 3.87. The Labute approximate surface area is 116 Å². The van der Waals surface area contributed by atoms with Crippen molar-refractivity contribution in [1.29, 1.82) is 0 Å². The summed E-state index contributed by atoms with van der Waals surface area (Å²) in [5, 5.41) is 0. The van der Waals surface area contributed by atoms with Crippen LogP contribution in [0.3, 0.4) is 0 Å². The van der Waals surface area contributed by atoms with E-state index in [1.807, 2.05) is 6.92 Å². The van der Waals surface area contributed by atoms with Crippen LogP contribution in [-0.2, 0) is 6.54 Å². The maximum absolute atomic E-state index is 5.89. The summed E-state index contributed by atoms with van der Waals surface area (Å²) in [6.07, 6.45) is 2.78. The molecule has 2 N–H and O–H groups in total. The van der Waals surface area contributed by atoms with Gasteiger partial charge in [0.2, 0.25) is 0 Å². The molecule has 0 bridgehead atoms. The molecule has 0 saturated carbocycles. The Hall–Kier alpha value is -0.900. The molecule has 0 spiro atoms. The van der Waals surface area contributed by atoms with Gasteiger partial charge in [0.25, 0.3) is 0 Å². The Morgan fingerprint density at radius 1 is 1.21 bits per heavy atom. The average Bonchev–Trinajstić information content (AvgIpc) is 2.87. The highest BCUT2D eigenvalue weighted by Gasteiger charge is 2.30. The summed E-state index contributed by atoms with van der Waals surface area (Å²) in [7, 11) is 0. The predicted molar refractivity (Wildman–Crippen MR) is 78.9 cm³/mol.